The predicted octanol–water partition coefficient (Wildman–Crippen LogP) is 1.23. The molecule has 0 aromatic heterocycles. The quantitative estimate of drug-likeness (QED) is 0.825. The molecule has 1 heterocycles. The zero-order valence-corrected chi connectivity index (χ0v) is 9.99. The minimum atomic E-state index is -0.848. The van der Waals surface area contributed by atoms with Gasteiger partial charge in [0.2, 0.25) is 0 Å². The number of nitrogens with two attached hydrogens (primary N) is 1. The molecule has 2 N–H and O–H groups in total. The first-order valence-electron chi connectivity index (χ1n) is 5.84. The Kier molecular flexibility index (Phi) is 4.46. The predicted molar refractivity (Wildman–Crippen MR) is 63.2 cm³/mol. The molecule has 0 saturated carbocycles. The molecule has 0 amide bonds. The first-order chi connectivity index (χ1) is 8.72. The van der Waals surface area contributed by atoms with Gasteiger partial charge in [-0.2, -0.15) is 0 Å². The van der Waals surface area contributed by atoms with Gasteiger partial charge in [0.05, 0.1) is 19.8 Å². The van der Waals surface area contributed by atoms with Crippen molar-refractivity contribution in [2.24, 2.45) is 5.90 Å². The highest BCUT2D eigenvalue weighted by Crippen LogP contribution is 2.25. The highest BCUT2D eigenvalue weighted by molar-refractivity contribution is 5.54. The fraction of sp³-hybridized carbons (Fsp3) is 0.500. The van der Waals surface area contributed by atoms with E-state index in [0.717, 1.165) is 0 Å². The number of ether oxygens (including phenoxy) is 1. The molecule has 0 aliphatic carbocycles. The summed E-state index contributed by atoms with van der Waals surface area (Å²) in [4.78, 5) is 6.48. The van der Waals surface area contributed by atoms with Crippen LogP contribution in [0.2, 0.25) is 0 Å². The number of nitrogens with zero attached hydrogens (tertiary/aromatic N) is 1. The van der Waals surface area contributed by atoms with Gasteiger partial charge in [0.1, 0.15) is 0 Å². The van der Waals surface area contributed by atoms with E-state index in [9.17, 15) is 8.78 Å². The third kappa shape index (κ3) is 2.95. The van der Waals surface area contributed by atoms with Gasteiger partial charge in [-0.1, -0.05) is 0 Å². The lowest BCUT2D eigenvalue weighted by Gasteiger charge is -2.30. The van der Waals surface area contributed by atoms with Crippen LogP contribution in [0.1, 0.15) is 5.56 Å². The van der Waals surface area contributed by atoms with Gasteiger partial charge in [-0.25, -0.2) is 14.7 Å². The van der Waals surface area contributed by atoms with Gasteiger partial charge in [0.15, 0.2) is 11.6 Å². The van der Waals surface area contributed by atoms with Gasteiger partial charge < -0.3 is 14.5 Å². The van der Waals surface area contributed by atoms with E-state index in [0.29, 0.717) is 44.0 Å². The zero-order chi connectivity index (χ0) is 13.0. The molecule has 1 fully saturated rings. The summed E-state index contributed by atoms with van der Waals surface area (Å²) in [6.07, 6.45) is 0.445. The molecule has 0 unspecified atom stereocenters. The average Bonchev–Trinajstić information content (AvgIpc) is 2.40. The van der Waals surface area contributed by atoms with Gasteiger partial charge in [-0.3, -0.25) is 0 Å². The van der Waals surface area contributed by atoms with Crippen LogP contribution in [0, 0.1) is 11.6 Å². The van der Waals surface area contributed by atoms with Crippen molar-refractivity contribution in [1.29, 1.82) is 0 Å². The minimum Gasteiger partial charge on any atom is -0.378 e. The standard InChI is InChI=1S/C12H16F2N2O2/c13-10-7-9(1-4-18-15)12(8-11(10)14)16-2-5-17-6-3-16/h7-8H,1-6,15H2. The third-order valence-electron chi connectivity index (χ3n) is 2.96. The molecule has 0 atom stereocenters. The summed E-state index contributed by atoms with van der Waals surface area (Å²) in [6, 6.07) is 2.44. The lowest BCUT2D eigenvalue weighted by atomic mass is 10.1. The topological polar surface area (TPSA) is 47.7 Å². The number of halogens is 2. The maximum absolute atomic E-state index is 13.3. The first kappa shape index (κ1) is 13.2. The van der Waals surface area contributed by atoms with Crippen LogP contribution in [0.15, 0.2) is 12.1 Å². The highest BCUT2D eigenvalue weighted by Gasteiger charge is 2.17. The fourth-order valence-corrected chi connectivity index (χ4v) is 2.05. The van der Waals surface area contributed by atoms with E-state index >= 15 is 0 Å². The van der Waals surface area contributed by atoms with Crippen LogP contribution in [-0.4, -0.2) is 32.9 Å². The second-order valence-electron chi connectivity index (χ2n) is 4.12. The summed E-state index contributed by atoms with van der Waals surface area (Å²) in [7, 11) is 0. The van der Waals surface area contributed by atoms with Gasteiger partial charge >= 0.3 is 0 Å². The number of anilines is 1. The molecule has 4 nitrogen and oxygen atoms in total. The molecule has 18 heavy (non-hydrogen) atoms. The van der Waals surface area contributed by atoms with E-state index in [1.165, 1.54) is 12.1 Å². The van der Waals surface area contributed by atoms with E-state index in [1.807, 2.05) is 4.90 Å². The van der Waals surface area contributed by atoms with Gasteiger partial charge in [0, 0.05) is 24.8 Å². The van der Waals surface area contributed by atoms with Crippen molar-refractivity contribution >= 4 is 5.69 Å². The molecule has 1 saturated heterocycles. The number of rotatable bonds is 4. The Morgan fingerprint density at radius 3 is 2.56 bits per heavy atom. The van der Waals surface area contributed by atoms with E-state index < -0.39 is 11.6 Å². The Balaban J connectivity index is 2.26. The smallest absolute Gasteiger partial charge is 0.160 e. The van der Waals surface area contributed by atoms with Gasteiger partial charge in [-0.05, 0) is 18.1 Å². The highest BCUT2D eigenvalue weighted by atomic mass is 19.2. The molecule has 1 aliphatic rings. The van der Waals surface area contributed by atoms with Crippen molar-refractivity contribution < 1.29 is 18.4 Å². The van der Waals surface area contributed by atoms with Crippen LogP contribution in [0.4, 0.5) is 14.5 Å². The van der Waals surface area contributed by atoms with E-state index in [1.54, 1.807) is 0 Å². The molecule has 6 heteroatoms. The summed E-state index contributed by atoms with van der Waals surface area (Å²) in [6.45, 7) is 2.78. The summed E-state index contributed by atoms with van der Waals surface area (Å²) in [5.74, 6) is 3.28. The molecule has 1 aliphatic heterocycles. The van der Waals surface area contributed by atoms with Crippen LogP contribution in [0.5, 0.6) is 0 Å². The SMILES string of the molecule is NOCCc1cc(F)c(F)cc1N1CCOCC1. The summed E-state index contributed by atoms with van der Waals surface area (Å²) >= 11 is 0. The molecular formula is C12H16F2N2O2. The maximum Gasteiger partial charge on any atom is 0.160 e. The van der Waals surface area contributed by atoms with Gasteiger partial charge in [-0.15, -0.1) is 0 Å². The third-order valence-corrected chi connectivity index (χ3v) is 2.96. The Bertz CT molecular complexity index is 409. The Morgan fingerprint density at radius 2 is 1.89 bits per heavy atom. The lowest BCUT2D eigenvalue weighted by molar-refractivity contribution is 0.122. The van der Waals surface area contributed by atoms with E-state index in [-0.39, 0.29) is 6.61 Å². The Morgan fingerprint density at radius 1 is 1.22 bits per heavy atom. The average molecular weight is 258 g/mol. The molecule has 0 radical (unpaired) electrons. The van der Waals surface area contributed by atoms with E-state index in [4.69, 9.17) is 10.6 Å². The molecule has 1 aromatic carbocycles. The Hall–Kier alpha value is -1.24. The monoisotopic (exact) mass is 258 g/mol. The first-order valence-corrected chi connectivity index (χ1v) is 5.84. The lowest BCUT2D eigenvalue weighted by Crippen LogP contribution is -2.37. The van der Waals surface area contributed by atoms with Crippen molar-refractivity contribution in [1.82, 2.24) is 0 Å². The van der Waals surface area contributed by atoms with Crippen LogP contribution in [0.25, 0.3) is 0 Å². The molecule has 0 bridgehead atoms. The zero-order valence-electron chi connectivity index (χ0n) is 9.99. The maximum atomic E-state index is 13.3. The molecule has 2 rings (SSSR count). The van der Waals surface area contributed by atoms with Crippen LogP contribution >= 0.6 is 0 Å². The van der Waals surface area contributed by atoms with Gasteiger partial charge in [0.25, 0.3) is 0 Å². The van der Waals surface area contributed by atoms with Crippen molar-refractivity contribution in [3.63, 3.8) is 0 Å². The molecule has 100 valence electrons. The van der Waals surface area contributed by atoms with Crippen molar-refractivity contribution in [2.75, 3.05) is 37.8 Å². The van der Waals surface area contributed by atoms with Crippen LogP contribution < -0.4 is 10.8 Å². The summed E-state index contributed by atoms with van der Waals surface area (Å²) in [5, 5.41) is 0. The second kappa shape index (κ2) is 6.08. The van der Waals surface area contributed by atoms with Crippen LogP contribution in [0.3, 0.4) is 0 Å². The van der Waals surface area contributed by atoms with Crippen molar-refractivity contribution in [2.45, 2.75) is 6.42 Å². The fourth-order valence-electron chi connectivity index (χ4n) is 2.05. The van der Waals surface area contributed by atoms with Crippen molar-refractivity contribution in [3.05, 3.63) is 29.3 Å². The second-order valence-corrected chi connectivity index (χ2v) is 4.12. The molecule has 0 spiro atoms. The Labute approximate surface area is 104 Å². The normalized spacial score (nSPS) is 16.1. The van der Waals surface area contributed by atoms with Crippen molar-refractivity contribution in [3.8, 4) is 0 Å². The largest absolute Gasteiger partial charge is 0.378 e. The molecular weight excluding hydrogens is 242 g/mol. The van der Waals surface area contributed by atoms with E-state index in [2.05, 4.69) is 4.84 Å². The van der Waals surface area contributed by atoms with Crippen LogP contribution in [-0.2, 0) is 16.0 Å². The number of hydrogen-bond acceptors (Lipinski definition) is 4. The number of hydrogen-bond donors (Lipinski definition) is 1. The number of benzene rings is 1. The minimum absolute atomic E-state index is 0.266. The summed E-state index contributed by atoms with van der Waals surface area (Å²) < 4.78 is 31.9. The summed E-state index contributed by atoms with van der Waals surface area (Å²) in [5.41, 5.74) is 1.38. The number of morpholine rings is 1. The molecule has 1 aromatic rings.